The molecule has 3 heteroatoms. The molecule has 0 atom stereocenters. The van der Waals surface area contributed by atoms with Gasteiger partial charge >= 0.3 is 5.97 Å². The Kier molecular flexibility index (Phi) is 7.71. The molecule has 2 aromatic rings. The van der Waals surface area contributed by atoms with Crippen molar-refractivity contribution in [3.8, 4) is 0 Å². The van der Waals surface area contributed by atoms with E-state index >= 15 is 0 Å². The predicted molar refractivity (Wildman–Crippen MR) is 75.9 cm³/mol. The summed E-state index contributed by atoms with van der Waals surface area (Å²) in [5.74, 6) is -0.701. The first-order chi connectivity index (χ1) is 9.29. The highest BCUT2D eigenvalue weighted by molar-refractivity contribution is 5.66. The minimum atomic E-state index is -0.701. The number of pyridine rings is 1. The number of hydrogen-bond acceptors (Lipinski definition) is 2. The van der Waals surface area contributed by atoms with Gasteiger partial charge in [-0.2, -0.15) is 0 Å². The van der Waals surface area contributed by atoms with Gasteiger partial charge in [-0.15, -0.1) is 0 Å². The van der Waals surface area contributed by atoms with Crippen LogP contribution in [0.5, 0.6) is 0 Å². The fraction of sp³-hybridized carbons (Fsp3) is 0.250. The molecule has 0 fully saturated rings. The first-order valence-corrected chi connectivity index (χ1v) is 6.40. The van der Waals surface area contributed by atoms with Gasteiger partial charge in [0.25, 0.3) is 0 Å². The summed E-state index contributed by atoms with van der Waals surface area (Å²) in [7, 11) is 0. The second-order valence-corrected chi connectivity index (χ2v) is 4.11. The highest BCUT2D eigenvalue weighted by atomic mass is 16.4. The third-order valence-electron chi connectivity index (χ3n) is 2.52. The highest BCUT2D eigenvalue weighted by Crippen LogP contribution is 2.05. The molecule has 0 bridgehead atoms. The van der Waals surface area contributed by atoms with Gasteiger partial charge in [-0.1, -0.05) is 36.4 Å². The predicted octanol–water partition coefficient (Wildman–Crippen LogP) is 3.57. The first kappa shape index (κ1) is 14.9. The zero-order chi connectivity index (χ0) is 13.8. The van der Waals surface area contributed by atoms with Crippen LogP contribution in [0.1, 0.15) is 24.8 Å². The van der Waals surface area contributed by atoms with Crippen LogP contribution in [0, 0.1) is 0 Å². The van der Waals surface area contributed by atoms with Crippen molar-refractivity contribution < 1.29 is 9.90 Å². The van der Waals surface area contributed by atoms with E-state index in [1.807, 2.05) is 36.4 Å². The van der Waals surface area contributed by atoms with Gasteiger partial charge in [0.15, 0.2) is 0 Å². The Hall–Kier alpha value is -2.16. The van der Waals surface area contributed by atoms with Gasteiger partial charge in [0.05, 0.1) is 0 Å². The molecule has 2 rings (SSSR count). The van der Waals surface area contributed by atoms with Crippen molar-refractivity contribution in [3.63, 3.8) is 0 Å². The molecular formula is C16H19NO2. The lowest BCUT2D eigenvalue weighted by Crippen LogP contribution is -1.94. The molecule has 0 spiro atoms. The van der Waals surface area contributed by atoms with Gasteiger partial charge in [-0.05, 0) is 37.0 Å². The van der Waals surface area contributed by atoms with E-state index in [0.717, 1.165) is 19.3 Å². The third-order valence-corrected chi connectivity index (χ3v) is 2.52. The monoisotopic (exact) mass is 257 g/mol. The Bertz CT molecular complexity index is 416. The van der Waals surface area contributed by atoms with Gasteiger partial charge in [0.2, 0.25) is 0 Å². The normalized spacial score (nSPS) is 9.26. The van der Waals surface area contributed by atoms with Crippen molar-refractivity contribution >= 4 is 5.97 Å². The van der Waals surface area contributed by atoms with Crippen LogP contribution in [0.15, 0.2) is 60.9 Å². The maximum absolute atomic E-state index is 10.2. The molecule has 1 heterocycles. The quantitative estimate of drug-likeness (QED) is 0.833. The second-order valence-electron chi connectivity index (χ2n) is 4.11. The molecule has 0 unspecified atom stereocenters. The number of carbonyl (C=O) groups is 1. The fourth-order valence-corrected chi connectivity index (χ4v) is 1.56. The largest absolute Gasteiger partial charge is 0.481 e. The molecule has 0 aliphatic rings. The minimum Gasteiger partial charge on any atom is -0.481 e. The summed E-state index contributed by atoms with van der Waals surface area (Å²) in [6.07, 6.45) is 6.49. The first-order valence-electron chi connectivity index (χ1n) is 6.40. The van der Waals surface area contributed by atoms with E-state index < -0.39 is 5.97 Å². The summed E-state index contributed by atoms with van der Waals surface area (Å²) >= 11 is 0. The van der Waals surface area contributed by atoms with E-state index in [0.29, 0.717) is 0 Å². The maximum atomic E-state index is 10.2. The summed E-state index contributed by atoms with van der Waals surface area (Å²) in [4.78, 5) is 14.0. The van der Waals surface area contributed by atoms with Crippen molar-refractivity contribution in [3.05, 3.63) is 66.5 Å². The average molecular weight is 257 g/mol. The number of aryl methyl sites for hydroxylation is 1. The van der Waals surface area contributed by atoms with Crippen LogP contribution in [0.25, 0.3) is 0 Å². The Morgan fingerprint density at radius 3 is 2.05 bits per heavy atom. The Labute approximate surface area is 113 Å². The second kappa shape index (κ2) is 9.83. The van der Waals surface area contributed by atoms with Crippen LogP contribution in [0.3, 0.4) is 0 Å². The SMILES string of the molecule is O=C(O)CCCCc1ccccc1.c1ccncc1. The Morgan fingerprint density at radius 1 is 0.947 bits per heavy atom. The van der Waals surface area contributed by atoms with Crippen LogP contribution in [-0.4, -0.2) is 16.1 Å². The molecule has 0 aliphatic carbocycles. The third kappa shape index (κ3) is 8.55. The summed E-state index contributed by atoms with van der Waals surface area (Å²) in [6, 6.07) is 15.9. The number of carboxylic acid groups (broad SMARTS) is 1. The van der Waals surface area contributed by atoms with E-state index in [1.54, 1.807) is 12.4 Å². The average Bonchev–Trinajstić information content (AvgIpc) is 2.47. The summed E-state index contributed by atoms with van der Waals surface area (Å²) in [6.45, 7) is 0. The number of aromatic nitrogens is 1. The van der Waals surface area contributed by atoms with Crippen LogP contribution >= 0.6 is 0 Å². The van der Waals surface area contributed by atoms with Crippen LogP contribution in [0.2, 0.25) is 0 Å². The van der Waals surface area contributed by atoms with E-state index in [2.05, 4.69) is 17.1 Å². The molecule has 100 valence electrons. The Balaban J connectivity index is 0.000000250. The molecule has 0 saturated carbocycles. The van der Waals surface area contributed by atoms with E-state index in [-0.39, 0.29) is 6.42 Å². The number of nitrogens with zero attached hydrogens (tertiary/aromatic N) is 1. The van der Waals surface area contributed by atoms with Crippen molar-refractivity contribution in [2.24, 2.45) is 0 Å². The van der Waals surface area contributed by atoms with Gasteiger partial charge in [0, 0.05) is 18.8 Å². The lowest BCUT2D eigenvalue weighted by molar-refractivity contribution is -0.137. The highest BCUT2D eigenvalue weighted by Gasteiger charge is 1.96. The molecule has 0 aliphatic heterocycles. The molecule has 0 radical (unpaired) electrons. The van der Waals surface area contributed by atoms with Crippen molar-refractivity contribution in [2.45, 2.75) is 25.7 Å². The lowest BCUT2D eigenvalue weighted by atomic mass is 10.1. The number of rotatable bonds is 5. The number of hydrogen-bond donors (Lipinski definition) is 1. The van der Waals surface area contributed by atoms with E-state index in [9.17, 15) is 4.79 Å². The minimum absolute atomic E-state index is 0.285. The standard InChI is InChI=1S/C11H14O2.C5H5N/c12-11(13)9-5-4-8-10-6-2-1-3-7-10;1-2-4-6-5-3-1/h1-3,6-7H,4-5,8-9H2,(H,12,13);1-5H. The van der Waals surface area contributed by atoms with Gasteiger partial charge in [-0.25, -0.2) is 0 Å². The summed E-state index contributed by atoms with van der Waals surface area (Å²) in [5, 5.41) is 8.41. The lowest BCUT2D eigenvalue weighted by Gasteiger charge is -1.98. The summed E-state index contributed by atoms with van der Waals surface area (Å²) < 4.78 is 0. The zero-order valence-electron chi connectivity index (χ0n) is 10.9. The van der Waals surface area contributed by atoms with Gasteiger partial charge in [0.1, 0.15) is 0 Å². The topological polar surface area (TPSA) is 50.2 Å². The zero-order valence-corrected chi connectivity index (χ0v) is 10.9. The number of carboxylic acids is 1. The molecule has 0 amide bonds. The fourth-order valence-electron chi connectivity index (χ4n) is 1.56. The van der Waals surface area contributed by atoms with Gasteiger partial charge in [-0.3, -0.25) is 9.78 Å². The number of unbranched alkanes of at least 4 members (excludes halogenated alkanes) is 1. The molecule has 19 heavy (non-hydrogen) atoms. The molecule has 1 aromatic heterocycles. The van der Waals surface area contributed by atoms with Gasteiger partial charge < -0.3 is 5.11 Å². The van der Waals surface area contributed by atoms with E-state index in [1.165, 1.54) is 5.56 Å². The molecule has 0 saturated heterocycles. The van der Waals surface area contributed by atoms with Crippen LogP contribution < -0.4 is 0 Å². The Morgan fingerprint density at radius 2 is 1.58 bits per heavy atom. The van der Waals surface area contributed by atoms with Crippen LogP contribution in [0.4, 0.5) is 0 Å². The van der Waals surface area contributed by atoms with E-state index in [4.69, 9.17) is 5.11 Å². The molecule has 3 nitrogen and oxygen atoms in total. The number of benzene rings is 1. The molecule has 1 N–H and O–H groups in total. The van der Waals surface area contributed by atoms with Crippen molar-refractivity contribution in [1.29, 1.82) is 0 Å². The van der Waals surface area contributed by atoms with Crippen molar-refractivity contribution in [1.82, 2.24) is 4.98 Å². The van der Waals surface area contributed by atoms with Crippen LogP contribution in [-0.2, 0) is 11.2 Å². The smallest absolute Gasteiger partial charge is 0.303 e. The number of aliphatic carboxylic acids is 1. The summed E-state index contributed by atoms with van der Waals surface area (Å²) in [5.41, 5.74) is 1.29. The van der Waals surface area contributed by atoms with Crippen molar-refractivity contribution in [2.75, 3.05) is 0 Å². The maximum Gasteiger partial charge on any atom is 0.303 e. The molecular weight excluding hydrogens is 238 g/mol. The molecule has 1 aromatic carbocycles.